The van der Waals surface area contributed by atoms with Crippen LogP contribution < -0.4 is 15.2 Å². The van der Waals surface area contributed by atoms with Crippen LogP contribution in [0.3, 0.4) is 0 Å². The molecule has 666 valence electrons. The number of aromatic nitrogens is 3. The maximum absolute atomic E-state index is 12.0. The van der Waals surface area contributed by atoms with E-state index in [1.54, 1.807) is 12.1 Å². The molecule has 2 spiro atoms. The second-order valence-corrected chi connectivity index (χ2v) is 45.0. The number of benzene rings is 19. The molecule has 7 aliphatic rings. The van der Waals surface area contributed by atoms with E-state index in [1.807, 2.05) is 125 Å². The summed E-state index contributed by atoms with van der Waals surface area (Å²) in [7, 11) is -0.675. The highest BCUT2D eigenvalue weighted by Gasteiger charge is 2.56. The lowest BCUT2D eigenvalue weighted by Gasteiger charge is -2.40. The Labute approximate surface area is 838 Å². The van der Waals surface area contributed by atoms with Crippen molar-refractivity contribution in [2.45, 2.75) is 49.7 Å². The number of phenolic OH excluding ortho intramolecular Hbond substituents is 1. The molecule has 4 heterocycles. The van der Waals surface area contributed by atoms with Crippen LogP contribution in [-0.4, -0.2) is 44.2 Å². The van der Waals surface area contributed by atoms with E-state index in [4.69, 9.17) is 33.7 Å². The van der Waals surface area contributed by atoms with Crippen molar-refractivity contribution in [1.29, 1.82) is 0 Å². The van der Waals surface area contributed by atoms with Gasteiger partial charge >= 0.3 is 12.3 Å². The van der Waals surface area contributed by atoms with Crippen molar-refractivity contribution in [1.82, 2.24) is 15.0 Å². The van der Waals surface area contributed by atoms with Gasteiger partial charge in [0, 0.05) is 90.9 Å². The van der Waals surface area contributed by atoms with E-state index in [1.165, 1.54) is 105 Å². The summed E-state index contributed by atoms with van der Waals surface area (Å²) in [4.78, 5) is 26.4. The van der Waals surface area contributed by atoms with E-state index in [2.05, 4.69) is 385 Å². The minimum Gasteiger partial charge on any atom is -0.507 e. The van der Waals surface area contributed by atoms with Crippen molar-refractivity contribution >= 4 is 176 Å². The van der Waals surface area contributed by atoms with Crippen LogP contribution in [0.4, 0.5) is 0 Å². The van der Waals surface area contributed by atoms with Gasteiger partial charge in [-0.1, -0.05) is 388 Å². The molecule has 20 aromatic rings. The maximum atomic E-state index is 12.0. The highest BCUT2D eigenvalue weighted by atomic mass is 79.9. The van der Waals surface area contributed by atoms with Crippen LogP contribution in [0, 0.1) is 6.08 Å². The Morgan fingerprint density at radius 3 is 1.16 bits per heavy atom. The summed E-state index contributed by atoms with van der Waals surface area (Å²) in [6.07, 6.45) is 8.47. The minimum absolute atomic E-state index is 0.0955. The Morgan fingerprint density at radius 2 is 0.688 bits per heavy atom. The van der Waals surface area contributed by atoms with E-state index in [-0.39, 0.29) is 5.78 Å². The smallest absolute Gasteiger partial charge is 0.507 e. The van der Waals surface area contributed by atoms with Crippen molar-refractivity contribution in [2.75, 3.05) is 0 Å². The molecule has 27 rings (SSSR count). The summed E-state index contributed by atoms with van der Waals surface area (Å²) in [6, 6.07) is 136. The molecule has 18 heteroatoms. The fourth-order valence-corrected chi connectivity index (χ4v) is 21.5. The topological polar surface area (TPSA) is 130 Å². The van der Waals surface area contributed by atoms with Gasteiger partial charge in [-0.2, -0.15) is 0 Å². The molecule has 138 heavy (non-hydrogen) atoms. The van der Waals surface area contributed by atoms with Gasteiger partial charge in [0.1, 0.15) is 52.0 Å². The van der Waals surface area contributed by atoms with E-state index in [0.717, 1.165) is 108 Å². The van der Waals surface area contributed by atoms with E-state index in [9.17, 15) is 14.5 Å². The standard InChI is InChI=1S/2C33H19BrO.C31H28BN3O2.C13H6BrO.C10H8O.Cl3OP/c2*34-22-15-16-26-25-11-5-6-12-27(25)33(30(26)19-22)28-17-13-20-7-1-3-9-23(20)31(28)35-32-24-10-4-2-8-21(24)14-18-29(32)33;1-30(2)31(3,4)37-32(36-30)29-34-27(23-11-6-5-7-12-23)33-28(35-29)24-17-14-22(15-18-24)26-19-16-21-10-8-9-13-25(21)20-26;14-8-5-6-10-9-3-1-2-4-11(9)13(15)12(10)7-8;11-10-7-3-5-8-4-1-2-6-9(8)10;1-5(2,3)4/h2*1-19H;5-20H,1-4H3;1,3-7H;1-7,11H;/q;;;+1;;. The Bertz CT molecular complexity index is 8090. The summed E-state index contributed by atoms with van der Waals surface area (Å²) in [5.74, 6) is 5.44. The number of ether oxygens (including phenoxy) is 2. The number of halogens is 6. The summed E-state index contributed by atoms with van der Waals surface area (Å²) < 4.78 is 39.0. The maximum Gasteiger partial charge on any atom is 0.534 e. The Hall–Kier alpha value is -13.5. The zero-order chi connectivity index (χ0) is 94.5. The average Bonchev–Trinajstić information content (AvgIpc) is 1.49. The van der Waals surface area contributed by atoms with Crippen molar-refractivity contribution in [3.63, 3.8) is 0 Å². The van der Waals surface area contributed by atoms with Gasteiger partial charge in [0.15, 0.2) is 17.4 Å². The van der Waals surface area contributed by atoms with Crippen LogP contribution in [0.25, 0.3) is 126 Å². The molecule has 19 aromatic carbocycles. The molecule has 0 atom stereocenters. The first kappa shape index (κ1) is 89.7. The number of hydrogen-bond donors (Lipinski definition) is 1. The van der Waals surface area contributed by atoms with Gasteiger partial charge in [-0.15, -0.1) is 0 Å². The molecule has 0 radical (unpaired) electrons. The fourth-order valence-electron chi connectivity index (χ4n) is 20.4. The molecular weight excluding hydrogens is 1980 g/mol. The van der Waals surface area contributed by atoms with Gasteiger partial charge in [0.05, 0.1) is 28.1 Å². The Morgan fingerprint density at radius 1 is 0.326 bits per heavy atom. The van der Waals surface area contributed by atoms with E-state index < -0.39 is 34.4 Å². The van der Waals surface area contributed by atoms with Crippen LogP contribution in [-0.2, 0) is 24.7 Å². The predicted octanol–water partition coefficient (Wildman–Crippen LogP) is 33.5. The molecular formula is C120H80BBr3Cl3N3O7P+. The molecule has 1 aromatic heterocycles. The lowest BCUT2D eigenvalue weighted by molar-refractivity contribution is 0.00578. The van der Waals surface area contributed by atoms with Crippen LogP contribution in [0.2, 0.25) is 0 Å². The number of phenols is 1. The van der Waals surface area contributed by atoms with Gasteiger partial charge in [-0.25, -0.2) is 15.0 Å². The molecule has 4 aliphatic carbocycles. The van der Waals surface area contributed by atoms with Gasteiger partial charge in [0.2, 0.25) is 5.78 Å². The van der Waals surface area contributed by atoms with Gasteiger partial charge in [-0.05, 0) is 203 Å². The van der Waals surface area contributed by atoms with Gasteiger partial charge < -0.3 is 23.9 Å². The molecule has 10 nitrogen and oxygen atoms in total. The van der Waals surface area contributed by atoms with Crippen molar-refractivity contribution in [3.8, 4) is 84.9 Å². The molecule has 0 saturated carbocycles. The van der Waals surface area contributed by atoms with Crippen LogP contribution >= 0.6 is 86.7 Å². The minimum atomic E-state index is -3.22. The third-order valence-electron chi connectivity index (χ3n) is 27.3. The molecule has 1 fully saturated rings. The Kier molecular flexibility index (Phi) is 23.5. The monoisotopic (exact) mass is 2060 g/mol. The van der Waals surface area contributed by atoms with E-state index in [0.29, 0.717) is 23.1 Å². The van der Waals surface area contributed by atoms with Gasteiger partial charge in [0.25, 0.3) is 0 Å². The molecule has 3 aliphatic heterocycles. The van der Waals surface area contributed by atoms with Crippen molar-refractivity contribution in [3.05, 3.63) is 487 Å². The second kappa shape index (κ2) is 36.1. The molecule has 0 amide bonds. The number of allylic oxidation sites excluding steroid dienone is 6. The van der Waals surface area contributed by atoms with Crippen molar-refractivity contribution in [2.24, 2.45) is 0 Å². The summed E-state index contributed by atoms with van der Waals surface area (Å²) in [6.45, 7) is 8.11. The summed E-state index contributed by atoms with van der Waals surface area (Å²) in [5.41, 5.74) is 21.4. The number of nitrogens with zero attached hydrogens (tertiary/aromatic N) is 3. The largest absolute Gasteiger partial charge is 0.534 e. The average molecular weight is 2060 g/mol. The number of carbonyl (C=O) groups is 1. The van der Waals surface area contributed by atoms with Crippen LogP contribution in [0.1, 0.15) is 88.1 Å². The summed E-state index contributed by atoms with van der Waals surface area (Å²) in [5, 5.41) is 19.9. The number of Topliss-reactive ketones (excluding diaryl/α,β-unsaturated/α-hetero) is 1. The summed E-state index contributed by atoms with van der Waals surface area (Å²) >= 11 is 24.8. The fraction of sp³-hybridized carbons (Fsp3) is 0.0667. The molecule has 0 bridgehead atoms. The second-order valence-electron chi connectivity index (χ2n) is 35.7. The number of fused-ring (bicyclic) bond motifs is 30. The zero-order valence-electron chi connectivity index (χ0n) is 74.7. The molecule has 0 unspecified atom stereocenters. The van der Waals surface area contributed by atoms with Gasteiger partial charge in [-0.3, -0.25) is 9.36 Å². The number of aromatic hydroxyl groups is 1. The van der Waals surface area contributed by atoms with Crippen molar-refractivity contribution < 1.29 is 33.2 Å². The first-order valence-electron chi connectivity index (χ1n) is 45.2. The third kappa shape index (κ3) is 16.0. The van der Waals surface area contributed by atoms with Crippen LogP contribution in [0.15, 0.2) is 425 Å². The molecule has 1 saturated heterocycles. The number of carbonyl (C=O) groups excluding carboxylic acids is 1. The zero-order valence-corrected chi connectivity index (χ0v) is 82.6. The highest BCUT2D eigenvalue weighted by molar-refractivity contribution is 9.11. The van der Waals surface area contributed by atoms with Crippen LogP contribution in [0.5, 0.6) is 28.7 Å². The number of hydrogen-bond acceptors (Lipinski definition) is 10. The lowest BCUT2D eigenvalue weighted by Crippen LogP contribution is -2.41. The first-order valence-corrected chi connectivity index (χ1v) is 52.0. The predicted molar refractivity (Wildman–Crippen MR) is 576 cm³/mol. The van der Waals surface area contributed by atoms with E-state index >= 15 is 0 Å². The Balaban J connectivity index is 0.000000103. The SMILES string of the molecule is Brc1ccc2c(c1)C1(c3ccccc3-2)c2ccc3ccccc3c2Oc2c1ccc1ccccc21.Brc1ccc2c(c1)C1(c3ccccc3-2)c2ccc3ccccc3c2Oc2c1ccc1ccccc21.CC1(C)OB(c2nc(-c3ccccc3)nc(-c3ccc(-c4ccc5ccccc5c4)cc3)n2)OC1(C)C.O=C1C2=C(C=C[C+]=C2)c2ccc(Br)cc21.O=P(Cl)(Cl)Cl.Oc1cccc2ccccc12. The first-order chi connectivity index (χ1) is 67.0. The third-order valence-corrected chi connectivity index (χ3v) is 28.8. The quantitative estimate of drug-likeness (QED) is 0.103. The number of rotatable bonds is 4. The normalized spacial score (nSPS) is 14.7. The lowest BCUT2D eigenvalue weighted by atomic mass is 9.65. The highest BCUT2D eigenvalue weighted by Crippen LogP contribution is 2.67. The number of ketones is 1. The molecule has 1 N–H and O–H groups in total.